The Bertz CT molecular complexity index is 961. The van der Waals surface area contributed by atoms with Crippen molar-refractivity contribution in [2.45, 2.75) is 26.0 Å². The predicted octanol–water partition coefficient (Wildman–Crippen LogP) is 2.11. The lowest BCUT2D eigenvalue weighted by molar-refractivity contribution is -0.122. The molecular formula is C20H24N2O5S. The minimum absolute atomic E-state index is 0.211. The highest BCUT2D eigenvalue weighted by molar-refractivity contribution is 7.92. The van der Waals surface area contributed by atoms with E-state index in [1.165, 1.54) is 0 Å². The summed E-state index contributed by atoms with van der Waals surface area (Å²) < 4.78 is 37.2. The highest BCUT2D eigenvalue weighted by Gasteiger charge is 2.30. The number of para-hydroxylation sites is 2. The van der Waals surface area contributed by atoms with Crippen molar-refractivity contribution < 1.29 is 22.7 Å². The first-order chi connectivity index (χ1) is 13.3. The molecule has 0 bridgehead atoms. The van der Waals surface area contributed by atoms with Crippen molar-refractivity contribution in [2.75, 3.05) is 23.7 Å². The third kappa shape index (κ3) is 4.56. The maximum absolute atomic E-state index is 12.7. The molecule has 0 saturated carbocycles. The maximum Gasteiger partial charge on any atom is 0.243 e. The van der Waals surface area contributed by atoms with E-state index in [2.05, 4.69) is 5.32 Å². The van der Waals surface area contributed by atoms with Crippen LogP contribution in [-0.4, -0.2) is 45.9 Å². The van der Waals surface area contributed by atoms with Crippen molar-refractivity contribution in [2.24, 2.45) is 0 Å². The van der Waals surface area contributed by atoms with Gasteiger partial charge in [0.15, 0.2) is 11.5 Å². The molecule has 0 aromatic heterocycles. The standard InChI is InChI=1S/C20H24N2O5S/c1-14-7-6-8-16(11-14)22(28(3,24)25)15(2)20(23)21-12-17-13-26-18-9-4-5-10-19(18)27-17/h4-11,15,17H,12-13H2,1-3H3,(H,21,23)/t15-,17+/m0/s1. The number of anilines is 1. The van der Waals surface area contributed by atoms with Gasteiger partial charge in [0, 0.05) is 0 Å². The summed E-state index contributed by atoms with van der Waals surface area (Å²) in [6.45, 7) is 3.95. The van der Waals surface area contributed by atoms with E-state index < -0.39 is 22.0 Å². The second kappa shape index (κ2) is 8.10. The van der Waals surface area contributed by atoms with Gasteiger partial charge in [-0.3, -0.25) is 9.10 Å². The summed E-state index contributed by atoms with van der Waals surface area (Å²) in [5.74, 6) is 0.883. The molecular weight excluding hydrogens is 380 g/mol. The van der Waals surface area contributed by atoms with Gasteiger partial charge in [-0.05, 0) is 43.7 Å². The molecule has 150 valence electrons. The number of ether oxygens (including phenoxy) is 2. The van der Waals surface area contributed by atoms with Gasteiger partial charge in [0.2, 0.25) is 15.9 Å². The largest absolute Gasteiger partial charge is 0.486 e. The lowest BCUT2D eigenvalue weighted by Crippen LogP contribution is -2.50. The van der Waals surface area contributed by atoms with Crippen molar-refractivity contribution >= 4 is 21.6 Å². The normalized spacial score (nSPS) is 16.9. The smallest absolute Gasteiger partial charge is 0.243 e. The monoisotopic (exact) mass is 404 g/mol. The first-order valence-electron chi connectivity index (χ1n) is 8.98. The molecule has 0 radical (unpaired) electrons. The fourth-order valence-electron chi connectivity index (χ4n) is 3.10. The van der Waals surface area contributed by atoms with E-state index in [0.717, 1.165) is 16.1 Å². The SMILES string of the molecule is Cc1cccc(N([C@@H](C)C(=O)NC[C@@H]2COc3ccccc3O2)S(C)(=O)=O)c1. The van der Waals surface area contributed by atoms with Crippen molar-refractivity contribution in [3.05, 3.63) is 54.1 Å². The number of sulfonamides is 1. The molecule has 8 heteroatoms. The van der Waals surface area contributed by atoms with E-state index in [9.17, 15) is 13.2 Å². The molecule has 1 aliphatic rings. The van der Waals surface area contributed by atoms with Gasteiger partial charge in [-0.2, -0.15) is 0 Å². The Kier molecular flexibility index (Phi) is 5.79. The number of amides is 1. The molecule has 1 heterocycles. The lowest BCUT2D eigenvalue weighted by atomic mass is 10.2. The van der Waals surface area contributed by atoms with Crippen molar-refractivity contribution in [1.82, 2.24) is 5.32 Å². The molecule has 0 unspecified atom stereocenters. The topological polar surface area (TPSA) is 84.9 Å². The Morgan fingerprint density at radius 1 is 1.21 bits per heavy atom. The Hall–Kier alpha value is -2.74. The number of rotatable bonds is 6. The van der Waals surface area contributed by atoms with E-state index in [0.29, 0.717) is 23.8 Å². The number of fused-ring (bicyclic) bond motifs is 1. The number of nitrogens with one attached hydrogen (secondary N) is 1. The average Bonchev–Trinajstić information content (AvgIpc) is 2.65. The van der Waals surface area contributed by atoms with Crippen LogP contribution in [0.2, 0.25) is 0 Å². The zero-order valence-electron chi connectivity index (χ0n) is 16.1. The molecule has 2 atom stereocenters. The molecule has 0 spiro atoms. The van der Waals surface area contributed by atoms with Gasteiger partial charge in [-0.1, -0.05) is 24.3 Å². The highest BCUT2D eigenvalue weighted by Crippen LogP contribution is 2.30. The fourth-order valence-corrected chi connectivity index (χ4v) is 4.27. The van der Waals surface area contributed by atoms with Crippen LogP contribution in [0, 0.1) is 6.92 Å². The van der Waals surface area contributed by atoms with Crippen LogP contribution in [0.15, 0.2) is 48.5 Å². The third-order valence-corrected chi connectivity index (χ3v) is 5.66. The van der Waals surface area contributed by atoms with Gasteiger partial charge in [-0.25, -0.2) is 8.42 Å². The minimum atomic E-state index is -3.65. The average molecular weight is 404 g/mol. The first-order valence-corrected chi connectivity index (χ1v) is 10.8. The zero-order valence-corrected chi connectivity index (χ0v) is 16.9. The van der Waals surface area contributed by atoms with Crippen LogP contribution in [0.1, 0.15) is 12.5 Å². The number of hydrogen-bond acceptors (Lipinski definition) is 5. The van der Waals surface area contributed by atoms with E-state index in [1.807, 2.05) is 31.2 Å². The molecule has 28 heavy (non-hydrogen) atoms. The second-order valence-corrected chi connectivity index (χ2v) is 8.68. The summed E-state index contributed by atoms with van der Waals surface area (Å²) in [6, 6.07) is 13.5. The van der Waals surface area contributed by atoms with E-state index in [1.54, 1.807) is 31.2 Å². The third-order valence-electron chi connectivity index (χ3n) is 4.42. The summed E-state index contributed by atoms with van der Waals surface area (Å²) in [6.07, 6.45) is 0.741. The van der Waals surface area contributed by atoms with Crippen LogP contribution in [0.4, 0.5) is 5.69 Å². The van der Waals surface area contributed by atoms with Crippen LogP contribution in [0.5, 0.6) is 11.5 Å². The summed E-state index contributed by atoms with van der Waals surface area (Å²) in [4.78, 5) is 12.7. The Morgan fingerprint density at radius 3 is 2.61 bits per heavy atom. The minimum Gasteiger partial charge on any atom is -0.486 e. The Morgan fingerprint density at radius 2 is 1.93 bits per heavy atom. The van der Waals surface area contributed by atoms with E-state index in [-0.39, 0.29) is 12.6 Å². The summed E-state index contributed by atoms with van der Waals surface area (Å²) in [7, 11) is -3.65. The van der Waals surface area contributed by atoms with E-state index >= 15 is 0 Å². The van der Waals surface area contributed by atoms with Crippen LogP contribution in [0.25, 0.3) is 0 Å². The number of aryl methyl sites for hydroxylation is 1. The zero-order chi connectivity index (χ0) is 20.3. The van der Waals surface area contributed by atoms with Gasteiger partial charge < -0.3 is 14.8 Å². The van der Waals surface area contributed by atoms with Gasteiger partial charge in [0.1, 0.15) is 18.8 Å². The van der Waals surface area contributed by atoms with Crippen LogP contribution in [0.3, 0.4) is 0 Å². The van der Waals surface area contributed by atoms with Crippen LogP contribution >= 0.6 is 0 Å². The van der Waals surface area contributed by atoms with E-state index in [4.69, 9.17) is 9.47 Å². The molecule has 1 N–H and O–H groups in total. The molecule has 2 aromatic rings. The number of nitrogens with zero attached hydrogens (tertiary/aromatic N) is 1. The van der Waals surface area contributed by atoms with Crippen LogP contribution < -0.4 is 19.1 Å². The molecule has 1 amide bonds. The molecule has 2 aromatic carbocycles. The van der Waals surface area contributed by atoms with Gasteiger partial charge in [0.05, 0.1) is 18.5 Å². The van der Waals surface area contributed by atoms with Gasteiger partial charge in [0.25, 0.3) is 0 Å². The van der Waals surface area contributed by atoms with Crippen LogP contribution in [-0.2, 0) is 14.8 Å². The van der Waals surface area contributed by atoms with Crippen molar-refractivity contribution in [1.29, 1.82) is 0 Å². The lowest BCUT2D eigenvalue weighted by Gasteiger charge is -2.30. The number of carbonyl (C=O) groups is 1. The molecule has 7 nitrogen and oxygen atoms in total. The highest BCUT2D eigenvalue weighted by atomic mass is 32.2. The second-order valence-electron chi connectivity index (χ2n) is 6.82. The molecule has 1 aliphatic heterocycles. The van der Waals surface area contributed by atoms with Crippen molar-refractivity contribution in [3.63, 3.8) is 0 Å². The first kappa shape index (κ1) is 20.0. The number of carbonyl (C=O) groups excluding carboxylic acids is 1. The number of benzene rings is 2. The fraction of sp³-hybridized carbons (Fsp3) is 0.350. The molecule has 0 saturated heterocycles. The summed E-state index contributed by atoms with van der Waals surface area (Å²) in [5.41, 5.74) is 1.36. The molecule has 0 fully saturated rings. The molecule has 3 rings (SSSR count). The summed E-state index contributed by atoms with van der Waals surface area (Å²) in [5, 5.41) is 2.77. The number of hydrogen-bond donors (Lipinski definition) is 1. The Balaban J connectivity index is 1.67. The molecule has 0 aliphatic carbocycles. The van der Waals surface area contributed by atoms with Gasteiger partial charge in [-0.15, -0.1) is 0 Å². The Labute approximate surface area is 165 Å². The predicted molar refractivity (Wildman–Crippen MR) is 107 cm³/mol. The summed E-state index contributed by atoms with van der Waals surface area (Å²) >= 11 is 0. The van der Waals surface area contributed by atoms with Crippen molar-refractivity contribution in [3.8, 4) is 11.5 Å². The maximum atomic E-state index is 12.7. The quantitative estimate of drug-likeness (QED) is 0.797. The van der Waals surface area contributed by atoms with Gasteiger partial charge >= 0.3 is 0 Å².